The van der Waals surface area contributed by atoms with Gasteiger partial charge in [0, 0.05) is 6.07 Å². The number of carbonyl (C=O) groups is 1. The highest BCUT2D eigenvalue weighted by Crippen LogP contribution is 2.30. The lowest BCUT2D eigenvalue weighted by Crippen LogP contribution is -2.02. The fraction of sp³-hybridized carbons (Fsp3) is 0.417. The lowest BCUT2D eigenvalue weighted by atomic mass is 10.2. The van der Waals surface area contributed by atoms with Crippen LogP contribution in [0.4, 0.5) is 5.69 Å². The molecule has 0 amide bonds. The van der Waals surface area contributed by atoms with Crippen molar-refractivity contribution in [1.29, 1.82) is 0 Å². The third-order valence-corrected chi connectivity index (χ3v) is 3.46. The van der Waals surface area contributed by atoms with Gasteiger partial charge in [-0.15, -0.1) is 11.8 Å². The molecule has 18 heavy (non-hydrogen) atoms. The standard InChI is InChI=1S/C12H15NO4S/c1-3-4-7-18-11-8-9(12(14)17-2)5-6-10(11)13(15)16/h5-6,8H,3-4,7H2,1-2H3. The summed E-state index contributed by atoms with van der Waals surface area (Å²) in [6.45, 7) is 2.06. The van der Waals surface area contributed by atoms with E-state index in [1.807, 2.05) is 0 Å². The third kappa shape index (κ3) is 3.73. The second-order valence-electron chi connectivity index (χ2n) is 3.63. The van der Waals surface area contributed by atoms with Crippen molar-refractivity contribution in [3.63, 3.8) is 0 Å². The van der Waals surface area contributed by atoms with E-state index in [-0.39, 0.29) is 5.69 Å². The van der Waals surface area contributed by atoms with E-state index in [2.05, 4.69) is 11.7 Å². The molecule has 0 aromatic heterocycles. The van der Waals surface area contributed by atoms with Crippen molar-refractivity contribution in [2.45, 2.75) is 24.7 Å². The number of nitro groups is 1. The maximum absolute atomic E-state index is 11.4. The third-order valence-electron chi connectivity index (χ3n) is 2.33. The van der Waals surface area contributed by atoms with Gasteiger partial charge in [-0.25, -0.2) is 4.79 Å². The molecule has 0 aliphatic carbocycles. The summed E-state index contributed by atoms with van der Waals surface area (Å²) < 4.78 is 4.60. The molecule has 98 valence electrons. The molecule has 0 bridgehead atoms. The lowest BCUT2D eigenvalue weighted by molar-refractivity contribution is -0.387. The van der Waals surface area contributed by atoms with Crippen molar-refractivity contribution < 1.29 is 14.5 Å². The highest BCUT2D eigenvalue weighted by Gasteiger charge is 2.17. The molecule has 1 aromatic carbocycles. The van der Waals surface area contributed by atoms with Crippen LogP contribution in [0.2, 0.25) is 0 Å². The number of nitro benzene ring substituents is 1. The van der Waals surface area contributed by atoms with Crippen LogP contribution in [-0.2, 0) is 4.74 Å². The predicted molar refractivity (Wildman–Crippen MR) is 70.1 cm³/mol. The summed E-state index contributed by atoms with van der Waals surface area (Å²) in [5.74, 6) is 0.310. The van der Waals surface area contributed by atoms with Gasteiger partial charge in [-0.3, -0.25) is 10.1 Å². The molecule has 0 N–H and O–H groups in total. The average Bonchev–Trinajstić information content (AvgIpc) is 2.37. The normalized spacial score (nSPS) is 10.1. The van der Waals surface area contributed by atoms with Crippen LogP contribution < -0.4 is 0 Å². The number of ether oxygens (including phenoxy) is 1. The second-order valence-corrected chi connectivity index (χ2v) is 4.77. The smallest absolute Gasteiger partial charge is 0.337 e. The van der Waals surface area contributed by atoms with E-state index in [9.17, 15) is 14.9 Å². The Hall–Kier alpha value is -1.56. The van der Waals surface area contributed by atoms with Crippen molar-refractivity contribution in [3.05, 3.63) is 33.9 Å². The molecule has 0 fully saturated rings. The van der Waals surface area contributed by atoms with Gasteiger partial charge in [-0.1, -0.05) is 13.3 Å². The van der Waals surface area contributed by atoms with Crippen LogP contribution in [-0.4, -0.2) is 23.8 Å². The number of methoxy groups -OCH3 is 1. The minimum atomic E-state index is -0.484. The Labute approximate surface area is 110 Å². The highest BCUT2D eigenvalue weighted by molar-refractivity contribution is 7.99. The summed E-state index contributed by atoms with van der Waals surface area (Å²) >= 11 is 1.39. The van der Waals surface area contributed by atoms with E-state index in [1.54, 1.807) is 0 Å². The maximum atomic E-state index is 11.4. The van der Waals surface area contributed by atoms with Gasteiger partial charge in [0.15, 0.2) is 0 Å². The quantitative estimate of drug-likeness (QED) is 0.260. The average molecular weight is 269 g/mol. The van der Waals surface area contributed by atoms with E-state index >= 15 is 0 Å². The van der Waals surface area contributed by atoms with E-state index < -0.39 is 10.9 Å². The molecule has 1 aromatic rings. The van der Waals surface area contributed by atoms with Gasteiger partial charge in [0.25, 0.3) is 5.69 Å². The van der Waals surface area contributed by atoms with Crippen molar-refractivity contribution >= 4 is 23.4 Å². The molecule has 0 unspecified atom stereocenters. The number of rotatable bonds is 6. The Kier molecular flexibility index (Phi) is 5.64. The molecule has 0 aliphatic heterocycles. The highest BCUT2D eigenvalue weighted by atomic mass is 32.2. The van der Waals surface area contributed by atoms with Crippen molar-refractivity contribution in [1.82, 2.24) is 0 Å². The fourth-order valence-electron chi connectivity index (χ4n) is 1.35. The Balaban J connectivity index is 2.99. The molecule has 0 heterocycles. The van der Waals surface area contributed by atoms with E-state index in [4.69, 9.17) is 0 Å². The van der Waals surface area contributed by atoms with Crippen LogP contribution in [0.3, 0.4) is 0 Å². The Morgan fingerprint density at radius 1 is 1.50 bits per heavy atom. The number of unbranched alkanes of at least 4 members (excludes halogenated alkanes) is 1. The van der Waals surface area contributed by atoms with Crippen LogP contribution >= 0.6 is 11.8 Å². The molecular formula is C12H15NO4S. The minimum absolute atomic E-state index is 0.0313. The fourth-order valence-corrected chi connectivity index (χ4v) is 2.51. The van der Waals surface area contributed by atoms with Gasteiger partial charge in [-0.05, 0) is 24.3 Å². The summed E-state index contributed by atoms with van der Waals surface area (Å²) in [6.07, 6.45) is 2.00. The van der Waals surface area contributed by atoms with Crippen LogP contribution in [0.15, 0.2) is 23.1 Å². The molecule has 1 rings (SSSR count). The first-order chi connectivity index (χ1) is 8.60. The first kappa shape index (κ1) is 14.5. The van der Waals surface area contributed by atoms with Gasteiger partial charge in [-0.2, -0.15) is 0 Å². The second kappa shape index (κ2) is 7.00. The number of hydrogen-bond donors (Lipinski definition) is 0. The minimum Gasteiger partial charge on any atom is -0.465 e. The molecule has 0 saturated carbocycles. The van der Waals surface area contributed by atoms with Gasteiger partial charge >= 0.3 is 5.97 Å². The Morgan fingerprint density at radius 3 is 2.78 bits per heavy atom. The number of nitrogens with zero attached hydrogens (tertiary/aromatic N) is 1. The van der Waals surface area contributed by atoms with Gasteiger partial charge in [0.1, 0.15) is 0 Å². The van der Waals surface area contributed by atoms with Crippen molar-refractivity contribution in [2.75, 3.05) is 12.9 Å². The van der Waals surface area contributed by atoms with Crippen LogP contribution in [0, 0.1) is 10.1 Å². The lowest BCUT2D eigenvalue weighted by Gasteiger charge is -2.05. The Morgan fingerprint density at radius 2 is 2.22 bits per heavy atom. The van der Waals surface area contributed by atoms with Gasteiger partial charge in [0.05, 0.1) is 22.5 Å². The first-order valence-corrected chi connectivity index (χ1v) is 6.58. The molecule has 0 aliphatic rings. The van der Waals surface area contributed by atoms with E-state index in [1.165, 1.54) is 37.1 Å². The maximum Gasteiger partial charge on any atom is 0.337 e. The molecule has 6 heteroatoms. The van der Waals surface area contributed by atoms with Crippen LogP contribution in [0.25, 0.3) is 0 Å². The predicted octanol–water partition coefficient (Wildman–Crippen LogP) is 3.27. The largest absolute Gasteiger partial charge is 0.465 e. The summed E-state index contributed by atoms with van der Waals surface area (Å²) in [5.41, 5.74) is 0.367. The number of carbonyl (C=O) groups excluding carboxylic acids is 1. The first-order valence-electron chi connectivity index (χ1n) is 5.59. The summed E-state index contributed by atoms with van der Waals surface area (Å²) in [4.78, 5) is 22.3. The van der Waals surface area contributed by atoms with E-state index in [0.717, 1.165) is 18.6 Å². The summed E-state index contributed by atoms with van der Waals surface area (Å²) in [6, 6.07) is 4.28. The van der Waals surface area contributed by atoms with E-state index in [0.29, 0.717) is 10.5 Å². The molecule has 5 nitrogen and oxygen atoms in total. The van der Waals surface area contributed by atoms with Crippen LogP contribution in [0.1, 0.15) is 30.1 Å². The molecule has 0 atom stereocenters. The SMILES string of the molecule is CCCCSc1cc(C(=O)OC)ccc1[N+](=O)[O-]. The topological polar surface area (TPSA) is 69.4 Å². The number of hydrogen-bond acceptors (Lipinski definition) is 5. The monoisotopic (exact) mass is 269 g/mol. The zero-order valence-corrected chi connectivity index (χ0v) is 11.2. The summed E-state index contributed by atoms with van der Waals surface area (Å²) in [5, 5.41) is 10.9. The molecular weight excluding hydrogens is 254 g/mol. The molecule has 0 radical (unpaired) electrons. The summed E-state index contributed by atoms with van der Waals surface area (Å²) in [7, 11) is 1.29. The molecule has 0 saturated heterocycles. The zero-order valence-electron chi connectivity index (χ0n) is 10.3. The van der Waals surface area contributed by atoms with Crippen LogP contribution in [0.5, 0.6) is 0 Å². The zero-order chi connectivity index (χ0) is 13.5. The number of thioether (sulfide) groups is 1. The number of benzene rings is 1. The van der Waals surface area contributed by atoms with Gasteiger partial charge < -0.3 is 4.74 Å². The molecule has 0 spiro atoms. The van der Waals surface area contributed by atoms with Crippen molar-refractivity contribution in [3.8, 4) is 0 Å². The van der Waals surface area contributed by atoms with Gasteiger partial charge in [0.2, 0.25) is 0 Å². The van der Waals surface area contributed by atoms with Crippen molar-refractivity contribution in [2.24, 2.45) is 0 Å². The Bertz CT molecular complexity index is 448. The number of esters is 1.